The normalized spacial score (nSPS) is 8.92. The summed E-state index contributed by atoms with van der Waals surface area (Å²) < 4.78 is 1.34. The van der Waals surface area contributed by atoms with Crippen LogP contribution in [0.15, 0.2) is 11.0 Å². The summed E-state index contributed by atoms with van der Waals surface area (Å²) in [6, 6.07) is 0. The number of aryl methyl sites for hydroxylation is 1. The highest BCUT2D eigenvalue weighted by molar-refractivity contribution is 5.11. The largest absolute Gasteiger partial charge is 0.502 e. The van der Waals surface area contributed by atoms with Gasteiger partial charge in [-0.3, -0.25) is 9.36 Å². The number of aromatic hydroxyl groups is 1. The minimum Gasteiger partial charge on any atom is -0.502 e. The highest BCUT2D eigenvalue weighted by Crippen LogP contribution is 1.97. The maximum absolute atomic E-state index is 11.0. The third kappa shape index (κ3) is 2.57. The lowest BCUT2D eigenvalue weighted by molar-refractivity contribution is 0.454. The predicted molar refractivity (Wildman–Crippen MR) is 51.9 cm³/mol. The number of hydrogen-bond donors (Lipinski definition) is 1. The van der Waals surface area contributed by atoms with Crippen LogP contribution in [0.25, 0.3) is 0 Å². The molecule has 0 spiro atoms. The van der Waals surface area contributed by atoms with Crippen molar-refractivity contribution >= 4 is 0 Å². The molecule has 0 aliphatic heterocycles. The Morgan fingerprint density at radius 1 is 1.54 bits per heavy atom. The van der Waals surface area contributed by atoms with E-state index in [9.17, 15) is 4.79 Å². The van der Waals surface area contributed by atoms with Gasteiger partial charge in [-0.25, -0.2) is 4.98 Å². The summed E-state index contributed by atoms with van der Waals surface area (Å²) in [6.07, 6.45) is 1.87. The number of hydrogen-bond acceptors (Lipinski definition) is 3. The van der Waals surface area contributed by atoms with Crippen LogP contribution < -0.4 is 5.56 Å². The Balaban J connectivity index is 0.000000671. The summed E-state index contributed by atoms with van der Waals surface area (Å²) in [4.78, 5) is 14.9. The first-order valence-electron chi connectivity index (χ1n) is 4.40. The van der Waals surface area contributed by atoms with E-state index in [0.29, 0.717) is 12.2 Å². The average Bonchev–Trinajstić information content (AvgIpc) is 2.18. The summed E-state index contributed by atoms with van der Waals surface area (Å²) in [5, 5.41) is 8.92. The van der Waals surface area contributed by atoms with Crippen LogP contribution in [0.2, 0.25) is 0 Å². The van der Waals surface area contributed by atoms with Crippen molar-refractivity contribution in [1.82, 2.24) is 9.55 Å². The summed E-state index contributed by atoms with van der Waals surface area (Å²) >= 11 is 0. The molecule has 1 N–H and O–H groups in total. The molecular formula is C9H16N2O2. The third-order valence-corrected chi connectivity index (χ3v) is 1.56. The van der Waals surface area contributed by atoms with Crippen LogP contribution in [0, 0.1) is 0 Å². The minimum absolute atomic E-state index is 0.301. The van der Waals surface area contributed by atoms with E-state index in [1.165, 1.54) is 10.8 Å². The highest BCUT2D eigenvalue weighted by Gasteiger charge is 2.02. The Morgan fingerprint density at radius 2 is 2.08 bits per heavy atom. The molecule has 1 aromatic rings. The Morgan fingerprint density at radius 3 is 2.54 bits per heavy atom. The van der Waals surface area contributed by atoms with Crippen LogP contribution in [-0.2, 0) is 13.5 Å². The molecule has 1 heterocycles. The monoisotopic (exact) mass is 184 g/mol. The minimum atomic E-state index is -0.392. The Hall–Kier alpha value is -1.32. The molecule has 74 valence electrons. The van der Waals surface area contributed by atoms with Crippen LogP contribution >= 0.6 is 0 Å². The molecule has 0 saturated heterocycles. The first-order chi connectivity index (χ1) is 6.16. The van der Waals surface area contributed by atoms with Crippen LogP contribution in [-0.4, -0.2) is 14.7 Å². The van der Waals surface area contributed by atoms with Gasteiger partial charge >= 0.3 is 0 Å². The van der Waals surface area contributed by atoms with E-state index in [-0.39, 0.29) is 5.75 Å². The maximum Gasteiger partial charge on any atom is 0.295 e. The van der Waals surface area contributed by atoms with Crippen molar-refractivity contribution < 1.29 is 5.11 Å². The van der Waals surface area contributed by atoms with E-state index in [1.807, 2.05) is 20.8 Å². The molecule has 1 aromatic heterocycles. The summed E-state index contributed by atoms with van der Waals surface area (Å²) in [7, 11) is 1.59. The first-order valence-corrected chi connectivity index (χ1v) is 4.40. The van der Waals surface area contributed by atoms with E-state index in [1.54, 1.807) is 7.05 Å². The fourth-order valence-corrected chi connectivity index (χ4v) is 0.895. The van der Waals surface area contributed by atoms with E-state index < -0.39 is 5.56 Å². The smallest absolute Gasteiger partial charge is 0.295 e. The zero-order valence-corrected chi connectivity index (χ0v) is 8.53. The molecule has 0 fully saturated rings. The quantitative estimate of drug-likeness (QED) is 0.710. The van der Waals surface area contributed by atoms with Gasteiger partial charge in [-0.15, -0.1) is 0 Å². The lowest BCUT2D eigenvalue weighted by atomic mass is 10.4. The molecule has 4 nitrogen and oxygen atoms in total. The number of nitrogens with zero attached hydrogens (tertiary/aromatic N) is 2. The molecule has 1 rings (SSSR count). The van der Waals surface area contributed by atoms with Crippen molar-refractivity contribution in [2.24, 2.45) is 7.05 Å². The summed E-state index contributed by atoms with van der Waals surface area (Å²) in [5.74, 6) is 0.373. The van der Waals surface area contributed by atoms with Crippen molar-refractivity contribution in [2.45, 2.75) is 27.2 Å². The van der Waals surface area contributed by atoms with E-state index in [2.05, 4.69) is 4.98 Å². The second kappa shape index (κ2) is 5.35. The second-order valence-electron chi connectivity index (χ2n) is 2.28. The molecule has 0 bridgehead atoms. The van der Waals surface area contributed by atoms with E-state index in [0.717, 1.165) is 0 Å². The van der Waals surface area contributed by atoms with Gasteiger partial charge in [-0.2, -0.15) is 0 Å². The highest BCUT2D eigenvalue weighted by atomic mass is 16.3. The van der Waals surface area contributed by atoms with Crippen LogP contribution in [0.3, 0.4) is 0 Å². The van der Waals surface area contributed by atoms with Crippen molar-refractivity contribution in [1.29, 1.82) is 0 Å². The molecule has 0 saturated carbocycles. The van der Waals surface area contributed by atoms with Crippen LogP contribution in [0.4, 0.5) is 0 Å². The molecule has 0 radical (unpaired) electrons. The average molecular weight is 184 g/mol. The second-order valence-corrected chi connectivity index (χ2v) is 2.28. The Kier molecular flexibility index (Phi) is 4.80. The molecule has 0 atom stereocenters. The molecule has 4 heteroatoms. The first kappa shape index (κ1) is 11.7. The third-order valence-electron chi connectivity index (χ3n) is 1.56. The molecule has 13 heavy (non-hydrogen) atoms. The summed E-state index contributed by atoms with van der Waals surface area (Å²) in [5.41, 5.74) is -0.392. The van der Waals surface area contributed by atoms with Gasteiger partial charge in [0.05, 0.1) is 6.20 Å². The van der Waals surface area contributed by atoms with E-state index in [4.69, 9.17) is 5.11 Å². The zero-order valence-electron chi connectivity index (χ0n) is 8.53. The van der Waals surface area contributed by atoms with Gasteiger partial charge < -0.3 is 5.11 Å². The molecule has 0 aromatic carbocycles. The number of rotatable bonds is 1. The molecule has 0 unspecified atom stereocenters. The lowest BCUT2D eigenvalue weighted by Crippen LogP contribution is -2.20. The molecule has 0 amide bonds. The van der Waals surface area contributed by atoms with Gasteiger partial charge in [0, 0.05) is 13.5 Å². The standard InChI is InChI=1S/C7H10N2O2.C2H6/c1-3-6-8-4-5(10)7(11)9(6)2;1-2/h4,10H,3H2,1-2H3;1-2H3. The van der Waals surface area contributed by atoms with Crippen molar-refractivity contribution in [3.8, 4) is 5.75 Å². The fourth-order valence-electron chi connectivity index (χ4n) is 0.895. The Labute approximate surface area is 77.9 Å². The number of aromatic nitrogens is 2. The lowest BCUT2D eigenvalue weighted by Gasteiger charge is -2.03. The SMILES string of the molecule is CC.CCc1ncc(O)c(=O)n1C. The van der Waals surface area contributed by atoms with Gasteiger partial charge in [0.1, 0.15) is 5.82 Å². The van der Waals surface area contributed by atoms with Gasteiger partial charge in [0.25, 0.3) is 5.56 Å². The van der Waals surface area contributed by atoms with Gasteiger partial charge in [-0.05, 0) is 0 Å². The fraction of sp³-hybridized carbons (Fsp3) is 0.556. The zero-order chi connectivity index (χ0) is 10.4. The molecule has 0 aliphatic carbocycles. The van der Waals surface area contributed by atoms with Crippen molar-refractivity contribution in [3.05, 3.63) is 22.4 Å². The van der Waals surface area contributed by atoms with Gasteiger partial charge in [0.15, 0.2) is 5.75 Å². The molecule has 0 aliphatic rings. The van der Waals surface area contributed by atoms with Crippen LogP contribution in [0.1, 0.15) is 26.6 Å². The topological polar surface area (TPSA) is 55.1 Å². The van der Waals surface area contributed by atoms with Gasteiger partial charge in [-0.1, -0.05) is 20.8 Å². The van der Waals surface area contributed by atoms with Gasteiger partial charge in [0.2, 0.25) is 0 Å². The van der Waals surface area contributed by atoms with Crippen molar-refractivity contribution in [3.63, 3.8) is 0 Å². The van der Waals surface area contributed by atoms with E-state index >= 15 is 0 Å². The molecular weight excluding hydrogens is 168 g/mol. The Bertz CT molecular complexity index is 318. The van der Waals surface area contributed by atoms with Crippen LogP contribution in [0.5, 0.6) is 5.75 Å². The summed E-state index contributed by atoms with van der Waals surface area (Å²) in [6.45, 7) is 5.90. The predicted octanol–water partition coefficient (Wildman–Crippen LogP) is 1.07. The van der Waals surface area contributed by atoms with Crippen molar-refractivity contribution in [2.75, 3.05) is 0 Å². The maximum atomic E-state index is 11.0.